The van der Waals surface area contributed by atoms with Crippen LogP contribution in [0.5, 0.6) is 0 Å². The third kappa shape index (κ3) is 300. The summed E-state index contributed by atoms with van der Waals surface area (Å²) < 4.78 is 0. The minimum atomic E-state index is 0. The van der Waals surface area contributed by atoms with Crippen LogP contribution < -0.4 is 0 Å². The van der Waals surface area contributed by atoms with Crippen LogP contribution in [0.4, 0.5) is 0 Å². The van der Waals surface area contributed by atoms with E-state index in [1.807, 2.05) is 0 Å². The number of hydrogen-bond donors (Lipinski definition) is 0. The predicted octanol–water partition coefficient (Wildman–Crippen LogP) is 4.84. The predicted molar refractivity (Wildman–Crippen MR) is 90.3 cm³/mol. The van der Waals surface area contributed by atoms with Gasteiger partial charge in [0.25, 0.3) is 0 Å². The van der Waals surface area contributed by atoms with Gasteiger partial charge in [0.1, 0.15) is 0 Å². The molecule has 96 valence electrons. The Morgan fingerprint density at radius 3 is 0.143 bits per heavy atom. The molecule has 16 radical (unpaired) electrons. The van der Waals surface area contributed by atoms with Crippen LogP contribution >= 0.6 is 0 Å². The second kappa shape index (κ2) is 366. The summed E-state index contributed by atoms with van der Waals surface area (Å²) in [6, 6.07) is 0. The molecule has 0 saturated carbocycles. The second-order valence-electron chi connectivity index (χ2n) is 0. The van der Waals surface area contributed by atoms with E-state index < -0.39 is 0 Å². The molecule has 0 heterocycles. The van der Waals surface area contributed by atoms with Gasteiger partial charge in [-0.3, -0.25) is 0 Å². The quantitative estimate of drug-likeness (QED) is 0.335. The molecule has 0 amide bonds. The maximum atomic E-state index is 0. The van der Waals surface area contributed by atoms with E-state index in [4.69, 9.17) is 0 Å². The van der Waals surface area contributed by atoms with Crippen LogP contribution in [-0.4, -0.2) is 95.6 Å². The van der Waals surface area contributed by atoms with E-state index in [1.54, 1.807) is 0 Å². The summed E-state index contributed by atoms with van der Waals surface area (Å²) in [5.41, 5.74) is 0. The monoisotopic (exact) mass is 640 g/mol. The van der Waals surface area contributed by atoms with Gasteiger partial charge in [0.05, 0.1) is 0 Å². The molecule has 0 fully saturated rings. The third-order valence-electron chi connectivity index (χ3n) is 0. The summed E-state index contributed by atoms with van der Waals surface area (Å²) in [7, 11) is 0. The second-order valence-corrected chi connectivity index (χ2v) is 0. The molecule has 0 atom stereocenters. The molecule has 0 aliphatic heterocycles. The molecular weight excluding hydrogens is 595 g/mol. The summed E-state index contributed by atoms with van der Waals surface area (Å²) in [4.78, 5) is 0. The molecule has 14 heavy (non-hydrogen) atoms. The van der Waals surface area contributed by atoms with Crippen molar-refractivity contribution < 1.29 is 0 Å². The van der Waals surface area contributed by atoms with Crippen LogP contribution in [0.25, 0.3) is 0 Å². The van der Waals surface area contributed by atoms with Crippen molar-refractivity contribution in [3.05, 3.63) is 0 Å². The Hall–Kier alpha value is 3.19. The Labute approximate surface area is 167 Å². The van der Waals surface area contributed by atoms with Gasteiger partial charge >= 0.3 is 0 Å². The normalized spacial score (nSPS) is 0. The Morgan fingerprint density at radius 2 is 0.143 bits per heavy atom. The van der Waals surface area contributed by atoms with E-state index in [0.29, 0.717) is 0 Å². The van der Waals surface area contributed by atoms with Crippen molar-refractivity contribution in [1.82, 2.24) is 0 Å². The smallest absolute Gasteiger partial charge is 0 e. The molecule has 0 saturated heterocycles. The van der Waals surface area contributed by atoms with Gasteiger partial charge in [-0.05, 0) is 0 Å². The molecule has 4 heteroatoms. The fourth-order valence-electron chi connectivity index (χ4n) is 0. The molecule has 0 rings (SSSR count). The van der Waals surface area contributed by atoms with E-state index in [0.717, 1.165) is 0 Å². The summed E-state index contributed by atoms with van der Waals surface area (Å²) in [5.74, 6) is 0. The molecule has 0 spiro atoms. The zero-order valence-electron chi connectivity index (χ0n) is 2.00. The maximum Gasteiger partial charge on any atom is 0 e. The van der Waals surface area contributed by atoms with Crippen molar-refractivity contribution in [2.45, 2.75) is 74.3 Å². The van der Waals surface area contributed by atoms with Crippen molar-refractivity contribution in [2.75, 3.05) is 0 Å². The fraction of sp³-hybridized carbons (Fsp3) is 1.00. The minimum absolute atomic E-state index is 0. The van der Waals surface area contributed by atoms with Crippen LogP contribution in [0.1, 0.15) is 74.3 Å². The third-order valence-corrected chi connectivity index (χ3v) is 0. The first-order valence-corrected chi connectivity index (χ1v) is 0. The van der Waals surface area contributed by atoms with Gasteiger partial charge in [-0.25, -0.2) is 0 Å². The number of rotatable bonds is 0. The van der Waals surface area contributed by atoms with Crippen LogP contribution in [0.15, 0.2) is 0 Å². The molecule has 0 unspecified atom stereocenters. The zero-order valence-corrected chi connectivity index (χ0v) is 13.4. The van der Waals surface area contributed by atoms with Crippen LogP contribution in [0.2, 0.25) is 0 Å². The summed E-state index contributed by atoms with van der Waals surface area (Å²) >= 11 is 0. The molecule has 0 N–H and O–H groups in total. The summed E-state index contributed by atoms with van der Waals surface area (Å²) in [6.45, 7) is 0. The standard InChI is InChI=1S/10CH4.4Sn/h10*1H4;;;;. The van der Waals surface area contributed by atoms with E-state index >= 15 is 0 Å². The average Bonchev–Trinajstić information content (AvgIpc) is 0. The van der Waals surface area contributed by atoms with Gasteiger partial charge in [0.15, 0.2) is 0 Å². The molecule has 0 aromatic carbocycles. The summed E-state index contributed by atoms with van der Waals surface area (Å²) in [6.07, 6.45) is 0. The van der Waals surface area contributed by atoms with Crippen molar-refractivity contribution >= 4 is 95.6 Å². The maximum absolute atomic E-state index is 0. The van der Waals surface area contributed by atoms with Gasteiger partial charge in [-0.2, -0.15) is 0 Å². The fourth-order valence-corrected chi connectivity index (χ4v) is 0. The van der Waals surface area contributed by atoms with E-state index in [-0.39, 0.29) is 170 Å². The summed E-state index contributed by atoms with van der Waals surface area (Å²) in [5, 5.41) is 0. The van der Waals surface area contributed by atoms with Crippen molar-refractivity contribution in [1.29, 1.82) is 0 Å². The van der Waals surface area contributed by atoms with E-state index in [2.05, 4.69) is 0 Å². The molecule has 0 aromatic rings. The Bertz CT molecular complexity index is 12.1. The van der Waals surface area contributed by atoms with Gasteiger partial charge in [-0.1, -0.05) is 74.3 Å². The molecule has 0 nitrogen and oxygen atoms in total. The molecule has 0 aliphatic rings. The van der Waals surface area contributed by atoms with Crippen molar-refractivity contribution in [3.63, 3.8) is 0 Å². The topological polar surface area (TPSA) is 0 Å². The van der Waals surface area contributed by atoms with Crippen molar-refractivity contribution in [3.8, 4) is 0 Å². The van der Waals surface area contributed by atoms with Gasteiger partial charge in [-0.15, -0.1) is 0 Å². The molecule has 0 bridgehead atoms. The van der Waals surface area contributed by atoms with E-state index in [9.17, 15) is 0 Å². The average molecular weight is 635 g/mol. The SMILES string of the molecule is C.C.C.C.C.C.C.C.C.C.[Sn].[Sn].[Sn].[Sn]. The zero-order chi connectivity index (χ0) is 0. The molecule has 0 aliphatic carbocycles. The first kappa shape index (κ1) is 442. The minimum Gasteiger partial charge on any atom is -0.0776 e. The Balaban J connectivity index is 0. The Morgan fingerprint density at radius 1 is 0.143 bits per heavy atom. The number of hydrogen-bond acceptors (Lipinski definition) is 0. The van der Waals surface area contributed by atoms with Crippen LogP contribution in [-0.2, 0) is 0 Å². The molecular formula is C10H40Sn4. The first-order chi connectivity index (χ1) is 0. The van der Waals surface area contributed by atoms with Crippen LogP contribution in [0.3, 0.4) is 0 Å². The van der Waals surface area contributed by atoms with E-state index in [1.165, 1.54) is 0 Å². The Kier molecular flexibility index (Phi) is 11600. The van der Waals surface area contributed by atoms with Crippen molar-refractivity contribution in [2.24, 2.45) is 0 Å². The van der Waals surface area contributed by atoms with Crippen LogP contribution in [0, 0.1) is 0 Å². The van der Waals surface area contributed by atoms with Gasteiger partial charge < -0.3 is 0 Å². The van der Waals surface area contributed by atoms with Gasteiger partial charge in [0, 0.05) is 95.6 Å². The largest absolute Gasteiger partial charge is 0.0776 e. The first-order valence-electron chi connectivity index (χ1n) is 0. The van der Waals surface area contributed by atoms with Gasteiger partial charge in [0.2, 0.25) is 0 Å². The molecule has 0 aromatic heterocycles.